The summed E-state index contributed by atoms with van der Waals surface area (Å²) in [6.45, 7) is 19.9. The third-order valence-corrected chi connectivity index (χ3v) is 27.1. The number of aliphatic hydroxyl groups is 10. The van der Waals surface area contributed by atoms with Crippen LogP contribution in [0.25, 0.3) is 0 Å². The van der Waals surface area contributed by atoms with Crippen molar-refractivity contribution >= 4 is 0 Å². The van der Waals surface area contributed by atoms with Gasteiger partial charge in [0.25, 0.3) is 0 Å². The summed E-state index contributed by atoms with van der Waals surface area (Å²) < 4.78 is 100. The number of methoxy groups -OCH3 is 4. The number of ether oxygens (including phenoxy) is 16. The molecule has 30 atom stereocenters. The molecule has 4 aliphatic carbocycles. The van der Waals surface area contributed by atoms with Crippen LogP contribution in [0.15, 0.2) is 0 Å². The van der Waals surface area contributed by atoms with Gasteiger partial charge in [-0.05, 0) is 101 Å². The predicted molar refractivity (Wildman–Crippen MR) is 468 cm³/mol. The average Bonchev–Trinajstić information content (AvgIpc) is 1.56. The Morgan fingerprint density at radius 1 is 0.266 bits per heavy atom. The Labute approximate surface area is 742 Å². The molecule has 5 saturated heterocycles. The van der Waals surface area contributed by atoms with Gasteiger partial charge in [0.15, 0.2) is 0 Å². The second-order valence-electron chi connectivity index (χ2n) is 35.5. The van der Waals surface area contributed by atoms with Gasteiger partial charge in [-0.1, -0.05) is 132 Å². The van der Waals surface area contributed by atoms with Gasteiger partial charge in [-0.2, -0.15) is 0 Å². The Balaban J connectivity index is 0.000000392. The van der Waals surface area contributed by atoms with E-state index < -0.39 is 61.0 Å². The van der Waals surface area contributed by atoms with Gasteiger partial charge in [0.2, 0.25) is 0 Å². The highest BCUT2D eigenvalue weighted by Gasteiger charge is 2.67. The fourth-order valence-electron chi connectivity index (χ4n) is 20.7. The van der Waals surface area contributed by atoms with E-state index >= 15 is 0 Å². The number of nitrogens with one attached hydrogen (secondary N) is 8. The van der Waals surface area contributed by atoms with Crippen molar-refractivity contribution in [1.82, 2.24) is 42.5 Å². The molecule has 5 aliphatic heterocycles. The fraction of sp³-hybridized carbons (Fsp3) is 1.00. The van der Waals surface area contributed by atoms with Gasteiger partial charge in [-0.25, -0.2) is 0 Å². The molecule has 0 aromatic carbocycles. The lowest BCUT2D eigenvalue weighted by atomic mass is 9.70. The minimum absolute atomic E-state index is 0.00141. The molecule has 34 heteroatoms. The number of rotatable bonds is 60. The van der Waals surface area contributed by atoms with E-state index in [4.69, 9.17) is 96.2 Å². The van der Waals surface area contributed by atoms with Crippen molar-refractivity contribution in [3.63, 3.8) is 0 Å². The lowest BCUT2D eigenvalue weighted by Crippen LogP contribution is -2.67. The molecule has 124 heavy (non-hydrogen) atoms. The molecule has 0 spiro atoms. The summed E-state index contributed by atoms with van der Waals surface area (Å²) in [5, 5.41) is 131. The van der Waals surface area contributed by atoms with E-state index in [1.54, 1.807) is 0 Å². The summed E-state index contributed by atoms with van der Waals surface area (Å²) in [5.74, 6) is 2.03. The first-order chi connectivity index (χ1) is 60.5. The molecule has 9 rings (SSSR count). The third-order valence-electron chi connectivity index (χ3n) is 27.1. The highest BCUT2D eigenvalue weighted by Crippen LogP contribution is 2.50. The molecular weight excluding hydrogens is 1610 g/mol. The maximum absolute atomic E-state index is 10.9. The van der Waals surface area contributed by atoms with Crippen molar-refractivity contribution < 1.29 is 127 Å². The third kappa shape index (κ3) is 29.8. The summed E-state index contributed by atoms with van der Waals surface area (Å²) >= 11 is 0. The zero-order valence-electron chi connectivity index (χ0n) is 77.9. The first-order valence-corrected chi connectivity index (χ1v) is 48.4. The van der Waals surface area contributed by atoms with Crippen LogP contribution in [0.5, 0.6) is 0 Å². The van der Waals surface area contributed by atoms with Gasteiger partial charge < -0.3 is 127 Å². The Bertz CT molecular complexity index is 2480. The van der Waals surface area contributed by atoms with E-state index in [-0.39, 0.29) is 201 Å². The van der Waals surface area contributed by atoms with Crippen LogP contribution in [-0.4, -0.2) is 371 Å². The largest absolute Gasteiger partial charge is 0.394 e. The summed E-state index contributed by atoms with van der Waals surface area (Å²) in [7, 11) is 5.50. The molecule has 732 valence electrons. The van der Waals surface area contributed by atoms with Crippen molar-refractivity contribution in [3.05, 3.63) is 0 Å². The SMILES string of the molecule is CCCCOC1C(OCCCC)C(OCCCC)C2C3NC(NC4NC(NC5NC(NC6NC(N3)C3C(OCCCC)C(OCCCC)C(OCCCC)C(OCCCC)C63)C3CCCCC53)C3CCCCC43)C2C1OCCCC.COCC(OCCO)C(O)(C(O)CO)C(COC)OCCO.COCC(OCCO)C(O)(C(O)CO)C(COC)OCCO. The van der Waals surface area contributed by atoms with Crippen molar-refractivity contribution in [2.45, 2.75) is 355 Å². The lowest BCUT2D eigenvalue weighted by molar-refractivity contribution is -0.249. The van der Waals surface area contributed by atoms with Crippen LogP contribution in [0.3, 0.4) is 0 Å². The molecular formula is C90H176N8O26. The van der Waals surface area contributed by atoms with Crippen LogP contribution >= 0.6 is 0 Å². The number of fused-ring (bicyclic) bond motifs is 20. The zero-order chi connectivity index (χ0) is 89.8. The molecule has 0 aromatic rings. The summed E-state index contributed by atoms with van der Waals surface area (Å²) in [4.78, 5) is 0. The summed E-state index contributed by atoms with van der Waals surface area (Å²) in [5.41, 5.74) is -4.13. The highest BCUT2D eigenvalue weighted by molar-refractivity contribution is 5.18. The normalized spacial score (nSPS) is 33.9. The van der Waals surface area contributed by atoms with E-state index in [0.717, 1.165) is 103 Å². The van der Waals surface area contributed by atoms with Crippen molar-refractivity contribution in [2.24, 2.45) is 47.3 Å². The fourth-order valence-corrected chi connectivity index (χ4v) is 20.7. The Morgan fingerprint density at radius 2 is 0.444 bits per heavy atom. The number of hydrogen-bond acceptors (Lipinski definition) is 34. The number of unbranched alkanes of at least 4 members (excludes halogenated alkanes) is 8. The van der Waals surface area contributed by atoms with Gasteiger partial charge in [0, 0.05) is 105 Å². The molecule has 30 unspecified atom stereocenters. The number of aliphatic hydroxyl groups excluding tert-OH is 8. The van der Waals surface area contributed by atoms with Crippen molar-refractivity contribution in [3.8, 4) is 0 Å². The van der Waals surface area contributed by atoms with Crippen LogP contribution in [0.2, 0.25) is 0 Å². The van der Waals surface area contributed by atoms with E-state index in [0.29, 0.717) is 76.5 Å². The Morgan fingerprint density at radius 3 is 0.613 bits per heavy atom. The molecule has 0 amide bonds. The van der Waals surface area contributed by atoms with Gasteiger partial charge in [0.1, 0.15) is 72.2 Å². The van der Waals surface area contributed by atoms with Crippen LogP contribution in [0.4, 0.5) is 0 Å². The summed E-state index contributed by atoms with van der Waals surface area (Å²) in [6.07, 6.45) is 16.8. The standard InChI is InChI=1S/C64H120N8O8.2C13H28O9/c1-9-17-33-73-49-45-47(51(75-35-19-11-3)55(79-39-23-15-7)53(49)77-37-21-13-5)63-70-61(45)68-59-43-31-27-25-29-41(43)57(66-59)65-58-42-30-26-28-32-44(42)60(67-58)69-62-46-48(64(71-62)72-63)52(76-36-20-12-4)56(80-40-24-16-8)54(78-38-22-14-6)50(46)74-34-18-10-2;2*1-19-8-11(21-5-3-14)13(18,10(17)7-16)12(9-20-2)22-6-4-15/h41-72H,9-40H2,1-8H3;2*10-12,14-18H,3-9H2,1-2H3. The Hall–Kier alpha value is -1.36. The molecule has 8 bridgehead atoms. The van der Waals surface area contributed by atoms with Crippen LogP contribution in [0, 0.1) is 47.3 Å². The van der Waals surface area contributed by atoms with Crippen LogP contribution in [0.1, 0.15) is 209 Å². The topological polar surface area (TPSA) is 446 Å². The molecule has 4 saturated carbocycles. The van der Waals surface area contributed by atoms with Gasteiger partial charge >= 0.3 is 0 Å². The summed E-state index contributed by atoms with van der Waals surface area (Å²) in [6, 6.07) is 0. The molecule has 34 nitrogen and oxygen atoms in total. The Kier molecular flexibility index (Phi) is 53.8. The maximum atomic E-state index is 10.9. The highest BCUT2D eigenvalue weighted by atomic mass is 16.6. The quantitative estimate of drug-likeness (QED) is 0.0389. The van der Waals surface area contributed by atoms with E-state index in [2.05, 4.69) is 97.9 Å². The smallest absolute Gasteiger partial charge is 0.149 e. The molecule has 0 aromatic heterocycles. The minimum atomic E-state index is -2.06. The van der Waals surface area contributed by atoms with Crippen LogP contribution < -0.4 is 42.5 Å². The van der Waals surface area contributed by atoms with E-state index in [1.165, 1.54) is 79.8 Å². The lowest BCUT2D eigenvalue weighted by Gasteiger charge is -2.51. The van der Waals surface area contributed by atoms with Gasteiger partial charge in [-0.15, -0.1) is 0 Å². The van der Waals surface area contributed by atoms with E-state index in [1.807, 2.05) is 0 Å². The van der Waals surface area contributed by atoms with Crippen LogP contribution in [-0.2, 0) is 75.8 Å². The van der Waals surface area contributed by atoms with Gasteiger partial charge in [-0.3, -0.25) is 42.5 Å². The molecule has 18 N–H and O–H groups in total. The molecule has 9 fully saturated rings. The molecule has 9 aliphatic rings. The minimum Gasteiger partial charge on any atom is -0.394 e. The second-order valence-corrected chi connectivity index (χ2v) is 35.5. The predicted octanol–water partition coefficient (Wildman–Crippen LogP) is 3.20. The zero-order valence-corrected chi connectivity index (χ0v) is 77.9. The van der Waals surface area contributed by atoms with Gasteiger partial charge in [0.05, 0.1) is 166 Å². The first-order valence-electron chi connectivity index (χ1n) is 48.4. The maximum Gasteiger partial charge on any atom is 0.149 e. The number of hydrogen-bond donors (Lipinski definition) is 18. The molecule has 0 radical (unpaired) electrons. The van der Waals surface area contributed by atoms with Crippen molar-refractivity contribution in [1.29, 1.82) is 0 Å². The average molecular weight is 1790 g/mol. The van der Waals surface area contributed by atoms with E-state index in [9.17, 15) is 30.6 Å². The monoisotopic (exact) mass is 1790 g/mol. The second kappa shape index (κ2) is 60.8. The van der Waals surface area contributed by atoms with Crippen molar-refractivity contribution in [2.75, 3.05) is 174 Å². The first kappa shape index (κ1) is 110. The molecule has 5 heterocycles.